The van der Waals surface area contributed by atoms with Crippen LogP contribution in [0, 0.1) is 12.8 Å². The number of nitrogens with one attached hydrogen (secondary N) is 3. The monoisotopic (exact) mass is 926 g/mol. The van der Waals surface area contributed by atoms with Gasteiger partial charge < -0.3 is 25.2 Å². The Morgan fingerprint density at radius 3 is 2.19 bits per heavy atom. The largest absolute Gasteiger partial charge is 0.392 e. The van der Waals surface area contributed by atoms with Crippen molar-refractivity contribution in [3.63, 3.8) is 0 Å². The van der Waals surface area contributed by atoms with E-state index in [9.17, 15) is 23.1 Å². The second-order valence-electron chi connectivity index (χ2n) is 19.7. The highest BCUT2D eigenvalue weighted by Gasteiger charge is 2.44. The van der Waals surface area contributed by atoms with Gasteiger partial charge in [-0.25, -0.2) is 8.42 Å². The molecule has 1 saturated carbocycles. The van der Waals surface area contributed by atoms with Crippen molar-refractivity contribution in [1.82, 2.24) is 20.3 Å². The van der Waals surface area contributed by atoms with Crippen LogP contribution in [0.4, 0.5) is 0 Å². The van der Waals surface area contributed by atoms with Crippen molar-refractivity contribution in [1.29, 1.82) is 0 Å². The summed E-state index contributed by atoms with van der Waals surface area (Å²) in [6.45, 7) is 8.75. The fourth-order valence-electron chi connectivity index (χ4n) is 10.0. The highest BCUT2D eigenvalue weighted by molar-refractivity contribution is 7.89. The molecule has 0 spiro atoms. The molecular formula is C55H66N4O7S. The number of fused-ring (bicyclic) bond motifs is 1. The molecule has 0 radical (unpaired) electrons. The molecule has 5 aromatic carbocycles. The van der Waals surface area contributed by atoms with Crippen LogP contribution in [-0.4, -0.2) is 66.6 Å². The van der Waals surface area contributed by atoms with Gasteiger partial charge in [0.2, 0.25) is 21.8 Å². The second kappa shape index (κ2) is 21.4. The van der Waals surface area contributed by atoms with E-state index in [1.807, 2.05) is 125 Å². The van der Waals surface area contributed by atoms with Crippen LogP contribution in [0.2, 0.25) is 0 Å². The SMILES string of the molecule is Cc1ccc(S(=O)(=O)N[C@H](Cc2ccccc2)C(=O)NCc2cccc(-c3cccc([C@@H]4O[C@H](CN5[C@@H](C(=O)NC(C)(C)C)CC[C@H]6CCCC[C@H]65)C[C@H](c5ccc(CO)cc5)O4)c3)c2)cc1. The third-order valence-electron chi connectivity index (χ3n) is 13.5. The minimum atomic E-state index is -3.99. The fourth-order valence-corrected chi connectivity index (χ4v) is 11.2. The van der Waals surface area contributed by atoms with Gasteiger partial charge in [-0.15, -0.1) is 0 Å². The summed E-state index contributed by atoms with van der Waals surface area (Å²) in [5.41, 5.74) is 6.84. The zero-order valence-corrected chi connectivity index (χ0v) is 40.0. The summed E-state index contributed by atoms with van der Waals surface area (Å²) >= 11 is 0. The van der Waals surface area contributed by atoms with Crippen LogP contribution in [0.15, 0.2) is 132 Å². The summed E-state index contributed by atoms with van der Waals surface area (Å²) < 4.78 is 43.4. The van der Waals surface area contributed by atoms with Crippen molar-refractivity contribution in [3.05, 3.63) is 161 Å². The van der Waals surface area contributed by atoms with Gasteiger partial charge in [-0.3, -0.25) is 14.5 Å². The van der Waals surface area contributed by atoms with Crippen LogP contribution in [0.3, 0.4) is 0 Å². The number of ether oxygens (including phenoxy) is 2. The quantitative estimate of drug-likeness (QED) is 0.0815. The minimum absolute atomic E-state index is 0.0408. The van der Waals surface area contributed by atoms with Gasteiger partial charge in [0, 0.05) is 36.7 Å². The molecule has 11 nitrogen and oxygen atoms in total. The first-order valence-electron chi connectivity index (χ1n) is 23.9. The second-order valence-corrected chi connectivity index (χ2v) is 21.4. The van der Waals surface area contributed by atoms with E-state index in [1.165, 1.54) is 12.8 Å². The molecule has 3 aliphatic rings. The smallest absolute Gasteiger partial charge is 0.241 e. The number of carbonyl (C=O) groups is 2. The zero-order chi connectivity index (χ0) is 47.1. The standard InChI is InChI=1S/C55H66N4O7S/c1-37-20-27-47(28-21-37)67(63,64)58-48(31-38-12-6-5-7-13-38)52(61)56-34-40-14-10-16-43(30-40)44-17-11-18-45(32-44)54-65-46(33-51(66-54)42-24-22-39(36-60)23-25-42)35-59-49-19-9-8-15-41(49)26-29-50(59)53(62)57-55(2,3)4/h5-7,10-14,16-18,20-25,27-28,30,32,41,46,48-51,54,58,60H,8-9,15,19,26,29,31,33-36H2,1-4H3,(H,56,61)(H,57,62)/t41-,46+,48-,49-,50-,51-,54-/m1/s1. The van der Waals surface area contributed by atoms with Crippen molar-refractivity contribution in [2.75, 3.05) is 6.54 Å². The van der Waals surface area contributed by atoms with Gasteiger partial charge in [0.15, 0.2) is 6.29 Å². The van der Waals surface area contributed by atoms with Crippen molar-refractivity contribution in [2.45, 2.75) is 139 Å². The lowest BCUT2D eigenvalue weighted by atomic mass is 9.75. The summed E-state index contributed by atoms with van der Waals surface area (Å²) in [6, 6.07) is 39.0. The molecular weight excluding hydrogens is 861 g/mol. The van der Waals surface area contributed by atoms with Crippen LogP contribution >= 0.6 is 0 Å². The minimum Gasteiger partial charge on any atom is -0.392 e. The Bertz CT molecular complexity index is 2560. The topological polar surface area (TPSA) is 146 Å². The first-order valence-corrected chi connectivity index (χ1v) is 25.4. The van der Waals surface area contributed by atoms with Crippen LogP contribution < -0.4 is 15.4 Å². The molecule has 2 aliphatic heterocycles. The van der Waals surface area contributed by atoms with E-state index in [1.54, 1.807) is 24.3 Å². The molecule has 2 amide bonds. The zero-order valence-electron chi connectivity index (χ0n) is 39.2. The first kappa shape index (κ1) is 48.3. The van der Waals surface area contributed by atoms with Crippen LogP contribution in [-0.2, 0) is 48.7 Å². The van der Waals surface area contributed by atoms with Crippen molar-refractivity contribution < 1.29 is 32.6 Å². The number of sulfonamides is 1. The number of hydrogen-bond donors (Lipinski definition) is 4. The van der Waals surface area contributed by atoms with E-state index in [4.69, 9.17) is 9.47 Å². The molecule has 354 valence electrons. The molecule has 5 aromatic rings. The number of benzene rings is 5. The number of likely N-dealkylation sites (tertiary alicyclic amines) is 1. The normalized spacial score (nSPS) is 22.9. The van der Waals surface area contributed by atoms with Crippen LogP contribution in [0.25, 0.3) is 11.1 Å². The molecule has 1 aliphatic carbocycles. The molecule has 8 rings (SSSR count). The van der Waals surface area contributed by atoms with E-state index >= 15 is 0 Å². The first-order chi connectivity index (χ1) is 32.2. The van der Waals surface area contributed by atoms with Crippen molar-refractivity contribution in [2.24, 2.45) is 5.92 Å². The van der Waals surface area contributed by atoms with Crippen LogP contribution in [0.1, 0.15) is 111 Å². The summed E-state index contributed by atoms with van der Waals surface area (Å²) in [5, 5.41) is 16.1. The molecule has 67 heavy (non-hydrogen) atoms. The van der Waals surface area contributed by atoms with Crippen LogP contribution in [0.5, 0.6) is 0 Å². The van der Waals surface area contributed by atoms with Crippen molar-refractivity contribution in [3.8, 4) is 11.1 Å². The molecule has 0 bridgehead atoms. The highest BCUT2D eigenvalue weighted by Crippen LogP contribution is 2.42. The fraction of sp³-hybridized carbons (Fsp3) is 0.418. The molecule has 0 aromatic heterocycles. The van der Waals surface area contributed by atoms with Gasteiger partial charge in [-0.1, -0.05) is 122 Å². The van der Waals surface area contributed by atoms with E-state index < -0.39 is 28.3 Å². The number of amides is 2. The number of piperidine rings is 1. The number of aliphatic hydroxyl groups is 1. The molecule has 2 saturated heterocycles. The maximum Gasteiger partial charge on any atom is 0.241 e. The molecule has 3 fully saturated rings. The summed E-state index contributed by atoms with van der Waals surface area (Å²) in [4.78, 5) is 30.4. The Labute approximate surface area is 396 Å². The number of aliphatic hydroxyl groups excluding tert-OH is 1. The van der Waals surface area contributed by atoms with Gasteiger partial charge in [0.25, 0.3) is 0 Å². The Kier molecular flexibility index (Phi) is 15.4. The number of hydrogen-bond acceptors (Lipinski definition) is 8. The van der Waals surface area contributed by atoms with Gasteiger partial charge in [0.1, 0.15) is 6.04 Å². The predicted octanol–water partition coefficient (Wildman–Crippen LogP) is 8.84. The molecule has 4 N–H and O–H groups in total. The number of nitrogens with zero attached hydrogens (tertiary/aromatic N) is 1. The Hall–Kier alpha value is -5.21. The maximum atomic E-state index is 14.0. The Morgan fingerprint density at radius 2 is 1.46 bits per heavy atom. The van der Waals surface area contributed by atoms with Gasteiger partial charge >= 0.3 is 0 Å². The van der Waals surface area contributed by atoms with Gasteiger partial charge in [-0.05, 0) is 123 Å². The lowest BCUT2D eigenvalue weighted by Gasteiger charge is -2.50. The van der Waals surface area contributed by atoms with Crippen molar-refractivity contribution >= 4 is 21.8 Å². The summed E-state index contributed by atoms with van der Waals surface area (Å²) in [7, 11) is -3.99. The summed E-state index contributed by atoms with van der Waals surface area (Å²) in [6.07, 6.45) is 6.14. The third kappa shape index (κ3) is 12.5. The van der Waals surface area contributed by atoms with E-state index in [-0.39, 0.29) is 54.2 Å². The lowest BCUT2D eigenvalue weighted by molar-refractivity contribution is -0.255. The Morgan fingerprint density at radius 1 is 0.761 bits per heavy atom. The predicted molar refractivity (Wildman–Crippen MR) is 261 cm³/mol. The average molecular weight is 927 g/mol. The highest BCUT2D eigenvalue weighted by atomic mass is 32.2. The van der Waals surface area contributed by atoms with E-state index in [2.05, 4.69) is 26.3 Å². The summed E-state index contributed by atoms with van der Waals surface area (Å²) in [5.74, 6) is 0.220. The molecule has 12 heteroatoms. The number of aryl methyl sites for hydroxylation is 1. The average Bonchev–Trinajstić information content (AvgIpc) is 3.33. The van der Waals surface area contributed by atoms with E-state index in [0.717, 1.165) is 70.2 Å². The number of rotatable bonds is 15. The molecule has 0 unspecified atom stereocenters. The maximum absolute atomic E-state index is 14.0. The molecule has 2 heterocycles. The molecule has 7 atom stereocenters. The van der Waals surface area contributed by atoms with Gasteiger partial charge in [-0.2, -0.15) is 4.72 Å². The lowest BCUT2D eigenvalue weighted by Crippen LogP contribution is -2.61. The number of carbonyl (C=O) groups excluding carboxylic acids is 2. The Balaban J connectivity index is 1.01. The van der Waals surface area contributed by atoms with E-state index in [0.29, 0.717) is 24.9 Å². The third-order valence-corrected chi connectivity index (χ3v) is 14.9. The van der Waals surface area contributed by atoms with Gasteiger partial charge in [0.05, 0.1) is 29.8 Å².